The summed E-state index contributed by atoms with van der Waals surface area (Å²) in [6, 6.07) is 0.395. The molecule has 1 saturated heterocycles. The minimum absolute atomic E-state index is 0.0978. The second-order valence-corrected chi connectivity index (χ2v) is 6.89. The van der Waals surface area contributed by atoms with Gasteiger partial charge in [0.25, 0.3) is 0 Å². The Morgan fingerprint density at radius 2 is 2.09 bits per heavy atom. The zero-order valence-corrected chi connectivity index (χ0v) is 13.4. The van der Waals surface area contributed by atoms with Crippen LogP contribution in [0.4, 0.5) is 4.79 Å². The second-order valence-electron chi connectivity index (χ2n) is 6.89. The number of fused-ring (bicyclic) bond motifs is 2. The summed E-state index contributed by atoms with van der Waals surface area (Å²) >= 11 is 0. The maximum atomic E-state index is 12.8. The van der Waals surface area contributed by atoms with E-state index in [1.807, 2.05) is 9.80 Å². The van der Waals surface area contributed by atoms with Gasteiger partial charge >= 0.3 is 6.03 Å². The van der Waals surface area contributed by atoms with Gasteiger partial charge in [-0.25, -0.2) is 9.79 Å². The van der Waals surface area contributed by atoms with E-state index in [2.05, 4.69) is 24.5 Å². The highest BCUT2D eigenvalue weighted by Crippen LogP contribution is 2.34. The fraction of sp³-hybridized carbons (Fsp3) is 0.750. The molecule has 0 radical (unpaired) electrons. The van der Waals surface area contributed by atoms with Crippen molar-refractivity contribution in [1.82, 2.24) is 20.4 Å². The van der Waals surface area contributed by atoms with E-state index in [0.29, 0.717) is 12.0 Å². The minimum atomic E-state index is -0.146. The number of carbonyl (C=O) groups is 1. The number of rotatable bonds is 3. The van der Waals surface area contributed by atoms with Crippen molar-refractivity contribution < 1.29 is 4.79 Å². The van der Waals surface area contributed by atoms with Gasteiger partial charge in [0.1, 0.15) is 17.4 Å². The predicted octanol–water partition coefficient (Wildman–Crippen LogP) is 1.81. The third-order valence-corrected chi connectivity index (χ3v) is 5.13. The van der Waals surface area contributed by atoms with Crippen molar-refractivity contribution in [3.05, 3.63) is 11.5 Å². The maximum absolute atomic E-state index is 12.8. The Labute approximate surface area is 131 Å². The molecule has 3 aliphatic heterocycles. The first-order valence-electron chi connectivity index (χ1n) is 8.62. The maximum Gasteiger partial charge on any atom is 0.327 e. The number of nitrogens with one attached hydrogen (secondary N) is 2. The first kappa shape index (κ1) is 13.9. The molecule has 1 aliphatic carbocycles. The molecule has 0 aromatic heterocycles. The fourth-order valence-electron chi connectivity index (χ4n) is 4.08. The predicted molar refractivity (Wildman–Crippen MR) is 85.0 cm³/mol. The summed E-state index contributed by atoms with van der Waals surface area (Å²) in [7, 11) is 0. The number of amidine groups is 1. The van der Waals surface area contributed by atoms with Crippen LogP contribution in [0.25, 0.3) is 0 Å². The van der Waals surface area contributed by atoms with E-state index < -0.39 is 0 Å². The largest absolute Gasteiger partial charge is 0.366 e. The summed E-state index contributed by atoms with van der Waals surface area (Å²) < 4.78 is 0. The van der Waals surface area contributed by atoms with Crippen LogP contribution in [0.1, 0.15) is 46.0 Å². The molecule has 4 rings (SSSR count). The molecule has 1 saturated carbocycles. The van der Waals surface area contributed by atoms with E-state index >= 15 is 0 Å². The van der Waals surface area contributed by atoms with Gasteiger partial charge in [-0.1, -0.05) is 19.8 Å². The molecule has 0 aromatic rings. The Balaban J connectivity index is 1.70. The Hall–Kier alpha value is -1.72. The molecule has 4 aliphatic rings. The SMILES string of the molecule is CCCN1C(=O)N2C[C@@H](C)NC2=C2NC(C3CCCC3)=NC21. The third kappa shape index (κ3) is 2.00. The molecule has 22 heavy (non-hydrogen) atoms. The van der Waals surface area contributed by atoms with E-state index in [9.17, 15) is 4.79 Å². The standard InChI is InChI=1S/C16H25N5O/c1-3-8-20-15-12(14-17-10(2)9-21(14)16(20)22)18-13(19-15)11-6-4-5-7-11/h10-11,15,17H,3-9H2,1-2H3,(H,18,19)/t10-,15?/m1/s1. The molecule has 2 atom stereocenters. The number of carbonyl (C=O) groups excluding carboxylic acids is 1. The molecular weight excluding hydrogens is 278 g/mol. The van der Waals surface area contributed by atoms with Gasteiger partial charge in [0.15, 0.2) is 6.17 Å². The Kier molecular flexibility index (Phi) is 3.27. The molecule has 0 spiro atoms. The summed E-state index contributed by atoms with van der Waals surface area (Å²) in [5, 5.41) is 7.02. The Morgan fingerprint density at radius 1 is 1.32 bits per heavy atom. The molecule has 3 heterocycles. The summed E-state index contributed by atoms with van der Waals surface area (Å²) in [4.78, 5) is 21.5. The summed E-state index contributed by atoms with van der Waals surface area (Å²) in [6.07, 6.45) is 5.83. The van der Waals surface area contributed by atoms with E-state index in [1.165, 1.54) is 25.7 Å². The topological polar surface area (TPSA) is 60.0 Å². The van der Waals surface area contributed by atoms with Crippen molar-refractivity contribution in [3.8, 4) is 0 Å². The molecule has 0 aromatic carbocycles. The minimum Gasteiger partial charge on any atom is -0.366 e. The zero-order valence-electron chi connectivity index (χ0n) is 13.4. The van der Waals surface area contributed by atoms with Gasteiger partial charge in [-0.2, -0.15) is 0 Å². The van der Waals surface area contributed by atoms with Gasteiger partial charge < -0.3 is 10.6 Å². The molecule has 2 amide bonds. The average molecular weight is 303 g/mol. The van der Waals surface area contributed by atoms with Crippen LogP contribution in [-0.2, 0) is 0 Å². The lowest BCUT2D eigenvalue weighted by molar-refractivity contribution is 0.146. The number of nitrogens with zero attached hydrogens (tertiary/aromatic N) is 3. The van der Waals surface area contributed by atoms with Crippen LogP contribution in [-0.4, -0.2) is 47.0 Å². The van der Waals surface area contributed by atoms with Crippen molar-refractivity contribution in [2.75, 3.05) is 13.1 Å². The molecule has 120 valence electrons. The van der Waals surface area contributed by atoms with E-state index in [0.717, 1.165) is 36.9 Å². The Bertz CT molecular complexity index is 549. The smallest absolute Gasteiger partial charge is 0.327 e. The third-order valence-electron chi connectivity index (χ3n) is 5.13. The van der Waals surface area contributed by atoms with E-state index in [4.69, 9.17) is 4.99 Å². The molecule has 2 fully saturated rings. The van der Waals surface area contributed by atoms with E-state index in [-0.39, 0.29) is 12.2 Å². The molecular formula is C16H25N5O. The molecule has 6 heteroatoms. The van der Waals surface area contributed by atoms with E-state index in [1.54, 1.807) is 0 Å². The number of amides is 2. The van der Waals surface area contributed by atoms with Crippen molar-refractivity contribution in [3.63, 3.8) is 0 Å². The summed E-state index contributed by atoms with van der Waals surface area (Å²) in [5.41, 5.74) is 1.08. The highest BCUT2D eigenvalue weighted by Gasteiger charge is 2.46. The highest BCUT2D eigenvalue weighted by atomic mass is 16.2. The normalized spacial score (nSPS) is 31.2. The van der Waals surface area contributed by atoms with Gasteiger partial charge in [-0.15, -0.1) is 0 Å². The Morgan fingerprint density at radius 3 is 2.82 bits per heavy atom. The van der Waals surface area contributed by atoms with Gasteiger partial charge in [-0.3, -0.25) is 9.80 Å². The van der Waals surface area contributed by atoms with Crippen LogP contribution < -0.4 is 10.6 Å². The summed E-state index contributed by atoms with van der Waals surface area (Å²) in [6.45, 7) is 5.73. The van der Waals surface area contributed by atoms with Gasteiger partial charge in [0, 0.05) is 25.0 Å². The molecule has 6 nitrogen and oxygen atoms in total. The van der Waals surface area contributed by atoms with Crippen LogP contribution in [0.5, 0.6) is 0 Å². The van der Waals surface area contributed by atoms with Gasteiger partial charge in [-0.05, 0) is 26.2 Å². The second kappa shape index (κ2) is 5.18. The lowest BCUT2D eigenvalue weighted by atomic mass is 10.1. The monoisotopic (exact) mass is 303 g/mol. The lowest BCUT2D eigenvalue weighted by Gasteiger charge is -2.36. The highest BCUT2D eigenvalue weighted by molar-refractivity contribution is 5.91. The van der Waals surface area contributed by atoms with Gasteiger partial charge in [0.2, 0.25) is 0 Å². The number of hydrogen-bond donors (Lipinski definition) is 2. The zero-order chi connectivity index (χ0) is 15.3. The van der Waals surface area contributed by atoms with Crippen LogP contribution in [0.3, 0.4) is 0 Å². The van der Waals surface area contributed by atoms with Crippen molar-refractivity contribution in [1.29, 1.82) is 0 Å². The molecule has 2 N–H and O–H groups in total. The first-order valence-corrected chi connectivity index (χ1v) is 8.62. The first-order chi connectivity index (χ1) is 10.7. The summed E-state index contributed by atoms with van der Waals surface area (Å²) in [5.74, 6) is 2.60. The van der Waals surface area contributed by atoms with Gasteiger partial charge in [0.05, 0.1) is 0 Å². The van der Waals surface area contributed by atoms with Crippen LogP contribution in [0, 0.1) is 5.92 Å². The average Bonchev–Trinajstić information content (AvgIpc) is 3.20. The quantitative estimate of drug-likeness (QED) is 0.836. The van der Waals surface area contributed by atoms with Crippen molar-refractivity contribution >= 4 is 11.9 Å². The number of aliphatic imine (C=N–C) groups is 1. The van der Waals surface area contributed by atoms with Crippen LogP contribution in [0.2, 0.25) is 0 Å². The van der Waals surface area contributed by atoms with Crippen LogP contribution in [0.15, 0.2) is 16.5 Å². The number of hydrogen-bond acceptors (Lipinski definition) is 4. The van der Waals surface area contributed by atoms with Crippen molar-refractivity contribution in [2.24, 2.45) is 10.9 Å². The molecule has 1 unspecified atom stereocenters. The number of urea groups is 1. The molecule has 0 bridgehead atoms. The van der Waals surface area contributed by atoms with Crippen molar-refractivity contribution in [2.45, 2.75) is 58.2 Å². The fourth-order valence-corrected chi connectivity index (χ4v) is 4.08. The lowest BCUT2D eigenvalue weighted by Crippen LogP contribution is -2.53. The van der Waals surface area contributed by atoms with Crippen LogP contribution >= 0.6 is 0 Å².